The molecule has 0 spiro atoms. The molecule has 0 bridgehead atoms. The number of hydrogen-bond donors (Lipinski definition) is 1. The zero-order chi connectivity index (χ0) is 19.6. The molecule has 1 aliphatic carbocycles. The van der Waals surface area contributed by atoms with Crippen molar-refractivity contribution in [1.82, 2.24) is 20.0 Å². The Kier molecular flexibility index (Phi) is 5.06. The molecular formula is C24H28N4O. The highest BCUT2D eigenvalue weighted by molar-refractivity contribution is 5.98. The molecule has 2 heterocycles. The molecule has 5 heteroatoms. The van der Waals surface area contributed by atoms with Crippen LogP contribution in [0.3, 0.4) is 0 Å². The van der Waals surface area contributed by atoms with Gasteiger partial charge in [0.05, 0.1) is 5.69 Å². The van der Waals surface area contributed by atoms with Gasteiger partial charge < -0.3 is 4.90 Å². The van der Waals surface area contributed by atoms with Crippen molar-refractivity contribution in [3.05, 3.63) is 54.2 Å². The van der Waals surface area contributed by atoms with Gasteiger partial charge in [-0.25, -0.2) is 0 Å². The Hall–Kier alpha value is -2.66. The quantitative estimate of drug-likeness (QED) is 0.727. The molecule has 150 valence electrons. The Labute approximate surface area is 171 Å². The van der Waals surface area contributed by atoms with Crippen LogP contribution in [-0.2, 0) is 0 Å². The van der Waals surface area contributed by atoms with E-state index in [0.717, 1.165) is 48.9 Å². The van der Waals surface area contributed by atoms with Crippen molar-refractivity contribution < 1.29 is 4.79 Å². The van der Waals surface area contributed by atoms with E-state index in [4.69, 9.17) is 0 Å². The Morgan fingerprint density at radius 2 is 1.69 bits per heavy atom. The Morgan fingerprint density at radius 1 is 0.931 bits per heavy atom. The number of nitrogens with zero attached hydrogens (tertiary/aromatic N) is 3. The first kappa shape index (κ1) is 18.4. The second kappa shape index (κ2) is 7.99. The van der Waals surface area contributed by atoms with Gasteiger partial charge in [0, 0.05) is 37.8 Å². The van der Waals surface area contributed by atoms with Gasteiger partial charge in [-0.05, 0) is 29.7 Å². The van der Waals surface area contributed by atoms with E-state index in [-0.39, 0.29) is 5.91 Å². The summed E-state index contributed by atoms with van der Waals surface area (Å²) in [6.45, 7) is 3.58. The molecule has 5 rings (SSSR count). The number of piperazine rings is 1. The smallest absolute Gasteiger partial charge is 0.271 e. The molecule has 2 fully saturated rings. The van der Waals surface area contributed by atoms with Crippen molar-refractivity contribution in [1.29, 1.82) is 0 Å². The molecule has 3 aromatic rings. The topological polar surface area (TPSA) is 52.2 Å². The van der Waals surface area contributed by atoms with E-state index in [1.807, 2.05) is 29.2 Å². The molecule has 2 aromatic carbocycles. The van der Waals surface area contributed by atoms with Crippen LogP contribution in [0.15, 0.2) is 48.5 Å². The molecule has 1 aromatic heterocycles. The number of carbonyl (C=O) groups excluding carboxylic acids is 1. The maximum Gasteiger partial charge on any atom is 0.271 e. The van der Waals surface area contributed by atoms with Gasteiger partial charge in [-0.2, -0.15) is 5.10 Å². The van der Waals surface area contributed by atoms with Crippen LogP contribution in [0.5, 0.6) is 0 Å². The van der Waals surface area contributed by atoms with E-state index in [9.17, 15) is 4.79 Å². The van der Waals surface area contributed by atoms with Crippen molar-refractivity contribution in [3.63, 3.8) is 0 Å². The minimum atomic E-state index is 0.0623. The summed E-state index contributed by atoms with van der Waals surface area (Å²) >= 11 is 0. The molecule has 0 unspecified atom stereocenters. The van der Waals surface area contributed by atoms with Crippen LogP contribution in [0.2, 0.25) is 0 Å². The minimum absolute atomic E-state index is 0.0623. The number of aromatic amines is 1. The highest BCUT2D eigenvalue weighted by atomic mass is 16.2. The largest absolute Gasteiger partial charge is 0.335 e. The van der Waals surface area contributed by atoms with Gasteiger partial charge in [0.2, 0.25) is 0 Å². The molecule has 1 N–H and O–H groups in total. The fourth-order valence-corrected chi connectivity index (χ4v) is 4.92. The molecule has 0 atom stereocenters. The van der Waals surface area contributed by atoms with Gasteiger partial charge in [0.15, 0.2) is 0 Å². The predicted molar refractivity (Wildman–Crippen MR) is 116 cm³/mol. The Balaban J connectivity index is 1.29. The van der Waals surface area contributed by atoms with Gasteiger partial charge >= 0.3 is 0 Å². The number of fused-ring (bicyclic) bond motifs is 1. The lowest BCUT2D eigenvalue weighted by Gasteiger charge is -2.40. The Bertz CT molecular complexity index is 992. The molecule has 0 radical (unpaired) electrons. The number of carbonyl (C=O) groups is 1. The lowest BCUT2D eigenvalue weighted by Crippen LogP contribution is -2.52. The SMILES string of the molecule is O=C(c1cc(-c2cccc3ccccc23)n[nH]1)N1CCN(C2CCCCC2)CC1. The number of benzene rings is 2. The van der Waals surface area contributed by atoms with Gasteiger partial charge in [-0.3, -0.25) is 14.8 Å². The first-order valence-electron chi connectivity index (χ1n) is 10.9. The molecule has 2 aliphatic rings. The summed E-state index contributed by atoms with van der Waals surface area (Å²) in [6.07, 6.45) is 6.74. The van der Waals surface area contributed by atoms with Crippen molar-refractivity contribution in [3.8, 4) is 11.3 Å². The number of H-pyrrole nitrogens is 1. The van der Waals surface area contributed by atoms with Crippen molar-refractivity contribution in [2.24, 2.45) is 0 Å². The normalized spacial score (nSPS) is 19.0. The highest BCUT2D eigenvalue weighted by Crippen LogP contribution is 2.28. The fourth-order valence-electron chi connectivity index (χ4n) is 4.92. The van der Waals surface area contributed by atoms with Gasteiger partial charge in [-0.1, -0.05) is 61.7 Å². The van der Waals surface area contributed by atoms with Crippen LogP contribution < -0.4 is 0 Å². The lowest BCUT2D eigenvalue weighted by atomic mass is 9.94. The van der Waals surface area contributed by atoms with E-state index in [0.29, 0.717) is 5.69 Å². The summed E-state index contributed by atoms with van der Waals surface area (Å²) in [7, 11) is 0. The van der Waals surface area contributed by atoms with Gasteiger partial charge in [-0.15, -0.1) is 0 Å². The molecule has 29 heavy (non-hydrogen) atoms. The summed E-state index contributed by atoms with van der Waals surface area (Å²) in [5, 5.41) is 9.78. The number of aromatic nitrogens is 2. The average Bonchev–Trinajstić information content (AvgIpc) is 3.29. The van der Waals surface area contributed by atoms with E-state index in [1.165, 1.54) is 37.5 Å². The minimum Gasteiger partial charge on any atom is -0.335 e. The summed E-state index contributed by atoms with van der Waals surface area (Å²) in [4.78, 5) is 17.6. The third-order valence-electron chi connectivity index (χ3n) is 6.57. The molecule has 1 amide bonds. The Morgan fingerprint density at radius 3 is 2.52 bits per heavy atom. The van der Waals surface area contributed by atoms with E-state index in [2.05, 4.69) is 39.4 Å². The van der Waals surface area contributed by atoms with Gasteiger partial charge in [0.25, 0.3) is 5.91 Å². The van der Waals surface area contributed by atoms with Crippen LogP contribution in [0.1, 0.15) is 42.6 Å². The summed E-state index contributed by atoms with van der Waals surface area (Å²) in [5.41, 5.74) is 2.46. The van der Waals surface area contributed by atoms with Crippen molar-refractivity contribution in [2.75, 3.05) is 26.2 Å². The van der Waals surface area contributed by atoms with E-state index < -0.39 is 0 Å². The maximum absolute atomic E-state index is 13.0. The summed E-state index contributed by atoms with van der Waals surface area (Å²) in [5.74, 6) is 0.0623. The molecule has 1 aliphatic heterocycles. The molecule has 5 nitrogen and oxygen atoms in total. The van der Waals surface area contributed by atoms with E-state index in [1.54, 1.807) is 0 Å². The van der Waals surface area contributed by atoms with Crippen LogP contribution in [0.4, 0.5) is 0 Å². The first-order chi connectivity index (χ1) is 14.3. The zero-order valence-corrected chi connectivity index (χ0v) is 16.8. The standard InChI is InChI=1S/C24H28N4O/c29-24(28-15-13-27(14-16-28)19-9-2-1-3-10-19)23-17-22(25-26-23)21-12-6-8-18-7-4-5-11-20(18)21/h4-8,11-12,17,19H,1-3,9-10,13-16H2,(H,25,26). The second-order valence-corrected chi connectivity index (χ2v) is 8.31. The van der Waals surface area contributed by atoms with Crippen LogP contribution in [-0.4, -0.2) is 58.1 Å². The number of nitrogens with one attached hydrogen (secondary N) is 1. The maximum atomic E-state index is 13.0. The lowest BCUT2D eigenvalue weighted by molar-refractivity contribution is 0.0518. The number of rotatable bonds is 3. The average molecular weight is 389 g/mol. The van der Waals surface area contributed by atoms with Crippen LogP contribution in [0, 0.1) is 0 Å². The van der Waals surface area contributed by atoms with Gasteiger partial charge in [0.1, 0.15) is 5.69 Å². The summed E-state index contributed by atoms with van der Waals surface area (Å²) in [6, 6.07) is 17.1. The van der Waals surface area contributed by atoms with Crippen LogP contribution in [0.25, 0.3) is 22.0 Å². The van der Waals surface area contributed by atoms with Crippen molar-refractivity contribution in [2.45, 2.75) is 38.1 Å². The monoisotopic (exact) mass is 388 g/mol. The molecule has 1 saturated carbocycles. The second-order valence-electron chi connectivity index (χ2n) is 8.31. The summed E-state index contributed by atoms with van der Waals surface area (Å²) < 4.78 is 0. The predicted octanol–water partition coefficient (Wildman–Crippen LogP) is 4.32. The number of hydrogen-bond acceptors (Lipinski definition) is 3. The van der Waals surface area contributed by atoms with Crippen molar-refractivity contribution >= 4 is 16.7 Å². The first-order valence-corrected chi connectivity index (χ1v) is 10.9. The highest BCUT2D eigenvalue weighted by Gasteiger charge is 2.28. The molecular weight excluding hydrogens is 360 g/mol. The number of amides is 1. The third-order valence-corrected chi connectivity index (χ3v) is 6.57. The van der Waals surface area contributed by atoms with E-state index >= 15 is 0 Å². The fraction of sp³-hybridized carbons (Fsp3) is 0.417. The van der Waals surface area contributed by atoms with Crippen LogP contribution >= 0.6 is 0 Å². The third kappa shape index (κ3) is 3.67. The molecule has 1 saturated heterocycles. The zero-order valence-electron chi connectivity index (χ0n) is 16.8.